The van der Waals surface area contributed by atoms with E-state index in [-0.39, 0.29) is 6.04 Å². The van der Waals surface area contributed by atoms with Crippen molar-refractivity contribution in [3.05, 3.63) is 11.9 Å². The lowest BCUT2D eigenvalue weighted by Gasteiger charge is -2.29. The predicted molar refractivity (Wildman–Crippen MR) is 72.3 cm³/mol. The van der Waals surface area contributed by atoms with Crippen molar-refractivity contribution in [1.82, 2.24) is 15.1 Å². The third-order valence-electron chi connectivity index (χ3n) is 4.55. The Morgan fingerprint density at radius 3 is 2.95 bits per heavy atom. The van der Waals surface area contributed by atoms with Crippen LogP contribution >= 0.6 is 0 Å². The predicted octanol–water partition coefficient (Wildman–Crippen LogP) is 1.74. The fourth-order valence-electron chi connectivity index (χ4n) is 3.68. The molecule has 5 heteroatoms. The van der Waals surface area contributed by atoms with E-state index in [1.807, 2.05) is 17.9 Å². The van der Waals surface area contributed by atoms with Crippen molar-refractivity contribution in [2.24, 2.45) is 5.92 Å². The molecule has 0 amide bonds. The van der Waals surface area contributed by atoms with Gasteiger partial charge in [-0.15, -0.1) is 0 Å². The summed E-state index contributed by atoms with van der Waals surface area (Å²) >= 11 is 0. The molecule has 0 radical (unpaired) electrons. The SMILES string of the molecule is CCn1ncc(OC)c1C(NC)C1CC2CCC1O2. The number of nitrogens with zero attached hydrogens (tertiary/aromatic N) is 2. The molecular formula is C14H23N3O2. The standard InChI is InChI=1S/C14H23N3O2/c1-4-17-14(12(18-3)8-16-17)13(15-2)10-7-9-5-6-11(10)19-9/h8-11,13,15H,4-7H2,1-3H3. The average molecular weight is 265 g/mol. The van der Waals surface area contributed by atoms with Gasteiger partial charge in [0.25, 0.3) is 0 Å². The molecule has 2 aliphatic heterocycles. The first-order valence-electron chi connectivity index (χ1n) is 7.20. The van der Waals surface area contributed by atoms with Crippen molar-refractivity contribution < 1.29 is 9.47 Å². The van der Waals surface area contributed by atoms with Gasteiger partial charge in [0.05, 0.1) is 37.3 Å². The fourth-order valence-corrected chi connectivity index (χ4v) is 3.68. The molecular weight excluding hydrogens is 242 g/mol. The summed E-state index contributed by atoms with van der Waals surface area (Å²) in [6, 6.07) is 0.257. The van der Waals surface area contributed by atoms with Gasteiger partial charge >= 0.3 is 0 Å². The second-order valence-corrected chi connectivity index (χ2v) is 5.45. The molecule has 0 saturated carbocycles. The highest BCUT2D eigenvalue weighted by atomic mass is 16.5. The summed E-state index contributed by atoms with van der Waals surface area (Å²) in [7, 11) is 3.73. The van der Waals surface area contributed by atoms with E-state index in [1.54, 1.807) is 7.11 Å². The third kappa shape index (κ3) is 2.05. The second kappa shape index (κ2) is 5.13. The van der Waals surface area contributed by atoms with Crippen LogP contribution in [0.15, 0.2) is 6.20 Å². The van der Waals surface area contributed by atoms with Crippen molar-refractivity contribution in [2.45, 2.75) is 51.0 Å². The minimum absolute atomic E-state index is 0.257. The molecule has 2 aliphatic rings. The number of nitrogens with one attached hydrogen (secondary N) is 1. The van der Waals surface area contributed by atoms with E-state index in [9.17, 15) is 0 Å². The lowest BCUT2D eigenvalue weighted by atomic mass is 9.82. The minimum atomic E-state index is 0.257. The first kappa shape index (κ1) is 12.9. The Morgan fingerprint density at radius 1 is 1.58 bits per heavy atom. The van der Waals surface area contributed by atoms with Crippen LogP contribution in [0.5, 0.6) is 5.75 Å². The monoisotopic (exact) mass is 265 g/mol. The first-order valence-corrected chi connectivity index (χ1v) is 7.20. The lowest BCUT2D eigenvalue weighted by molar-refractivity contribution is 0.0854. The summed E-state index contributed by atoms with van der Waals surface area (Å²) in [5.41, 5.74) is 1.16. The minimum Gasteiger partial charge on any atom is -0.493 e. The van der Waals surface area contributed by atoms with Crippen LogP contribution in [0.4, 0.5) is 0 Å². The molecule has 0 aliphatic carbocycles. The molecule has 19 heavy (non-hydrogen) atoms. The number of hydrogen-bond donors (Lipinski definition) is 1. The highest BCUT2D eigenvalue weighted by molar-refractivity contribution is 5.29. The fraction of sp³-hybridized carbons (Fsp3) is 0.786. The van der Waals surface area contributed by atoms with Gasteiger partial charge in [0.1, 0.15) is 0 Å². The molecule has 2 saturated heterocycles. The van der Waals surface area contributed by atoms with Crippen molar-refractivity contribution in [1.29, 1.82) is 0 Å². The number of fused-ring (bicyclic) bond motifs is 2. The zero-order chi connectivity index (χ0) is 13.4. The van der Waals surface area contributed by atoms with Gasteiger partial charge in [0, 0.05) is 12.5 Å². The zero-order valence-electron chi connectivity index (χ0n) is 11.9. The number of aryl methyl sites for hydroxylation is 1. The smallest absolute Gasteiger partial charge is 0.161 e. The Kier molecular flexibility index (Phi) is 3.50. The summed E-state index contributed by atoms with van der Waals surface area (Å²) in [5, 5.41) is 7.88. The van der Waals surface area contributed by atoms with Gasteiger partial charge in [-0.1, -0.05) is 0 Å². The summed E-state index contributed by atoms with van der Waals surface area (Å²) in [4.78, 5) is 0. The normalized spacial score (nSPS) is 30.8. The molecule has 0 aromatic carbocycles. The van der Waals surface area contributed by atoms with Crippen LogP contribution in [-0.2, 0) is 11.3 Å². The molecule has 3 heterocycles. The van der Waals surface area contributed by atoms with E-state index < -0.39 is 0 Å². The quantitative estimate of drug-likeness (QED) is 0.881. The first-order chi connectivity index (χ1) is 9.28. The molecule has 2 fully saturated rings. The number of methoxy groups -OCH3 is 1. The number of ether oxygens (including phenoxy) is 2. The van der Waals surface area contributed by atoms with Crippen LogP contribution in [0.3, 0.4) is 0 Å². The summed E-state index contributed by atoms with van der Waals surface area (Å²) in [6.07, 6.45) is 6.24. The van der Waals surface area contributed by atoms with Crippen molar-refractivity contribution in [2.75, 3.05) is 14.2 Å². The van der Waals surface area contributed by atoms with E-state index in [0.717, 1.165) is 24.4 Å². The maximum atomic E-state index is 6.00. The Labute approximate surface area is 114 Å². The molecule has 0 spiro atoms. The van der Waals surface area contributed by atoms with E-state index in [0.29, 0.717) is 18.1 Å². The number of hydrogen-bond acceptors (Lipinski definition) is 4. The highest BCUT2D eigenvalue weighted by Crippen LogP contribution is 2.45. The Bertz CT molecular complexity index is 424. The summed E-state index contributed by atoms with van der Waals surface area (Å²) in [5.74, 6) is 1.41. The summed E-state index contributed by atoms with van der Waals surface area (Å²) in [6.45, 7) is 2.97. The Morgan fingerprint density at radius 2 is 2.42 bits per heavy atom. The van der Waals surface area contributed by atoms with E-state index in [2.05, 4.69) is 17.3 Å². The topological polar surface area (TPSA) is 48.3 Å². The largest absolute Gasteiger partial charge is 0.493 e. The molecule has 5 nitrogen and oxygen atoms in total. The van der Waals surface area contributed by atoms with Crippen LogP contribution in [0, 0.1) is 5.92 Å². The zero-order valence-corrected chi connectivity index (χ0v) is 11.9. The number of rotatable bonds is 5. The van der Waals surface area contributed by atoms with Gasteiger partial charge in [-0.05, 0) is 33.2 Å². The Balaban J connectivity index is 1.91. The van der Waals surface area contributed by atoms with E-state index in [4.69, 9.17) is 9.47 Å². The van der Waals surface area contributed by atoms with Gasteiger partial charge in [0.15, 0.2) is 5.75 Å². The highest BCUT2D eigenvalue weighted by Gasteiger charge is 2.45. The van der Waals surface area contributed by atoms with Gasteiger partial charge in [-0.2, -0.15) is 5.10 Å². The Hall–Kier alpha value is -1.07. The molecule has 1 aromatic rings. The maximum Gasteiger partial charge on any atom is 0.161 e. The molecule has 4 atom stereocenters. The second-order valence-electron chi connectivity index (χ2n) is 5.45. The maximum absolute atomic E-state index is 6.00. The van der Waals surface area contributed by atoms with Crippen LogP contribution in [0.2, 0.25) is 0 Å². The van der Waals surface area contributed by atoms with Crippen LogP contribution in [-0.4, -0.2) is 36.1 Å². The van der Waals surface area contributed by atoms with Crippen molar-refractivity contribution >= 4 is 0 Å². The molecule has 106 valence electrons. The van der Waals surface area contributed by atoms with Gasteiger partial charge < -0.3 is 14.8 Å². The third-order valence-corrected chi connectivity index (χ3v) is 4.55. The van der Waals surface area contributed by atoms with Crippen molar-refractivity contribution in [3.8, 4) is 5.75 Å². The van der Waals surface area contributed by atoms with Crippen LogP contribution in [0.1, 0.15) is 37.9 Å². The van der Waals surface area contributed by atoms with E-state index in [1.165, 1.54) is 12.8 Å². The number of aromatic nitrogens is 2. The van der Waals surface area contributed by atoms with Crippen LogP contribution in [0.25, 0.3) is 0 Å². The van der Waals surface area contributed by atoms with Gasteiger partial charge in [-0.3, -0.25) is 4.68 Å². The van der Waals surface area contributed by atoms with Gasteiger partial charge in [-0.25, -0.2) is 0 Å². The molecule has 1 N–H and O–H groups in total. The van der Waals surface area contributed by atoms with Crippen molar-refractivity contribution in [3.63, 3.8) is 0 Å². The van der Waals surface area contributed by atoms with E-state index >= 15 is 0 Å². The molecule has 1 aromatic heterocycles. The van der Waals surface area contributed by atoms with Crippen LogP contribution < -0.4 is 10.1 Å². The molecule has 3 rings (SSSR count). The average Bonchev–Trinajstić information content (AvgIpc) is 3.14. The lowest BCUT2D eigenvalue weighted by Crippen LogP contribution is -2.33. The summed E-state index contributed by atoms with van der Waals surface area (Å²) < 4.78 is 13.5. The molecule has 2 bridgehead atoms. The molecule has 4 unspecified atom stereocenters. The van der Waals surface area contributed by atoms with Gasteiger partial charge in [0.2, 0.25) is 0 Å².